The number of aromatic nitrogens is 3. The fourth-order valence-corrected chi connectivity index (χ4v) is 5.94. The number of aromatic amines is 1. The van der Waals surface area contributed by atoms with Gasteiger partial charge in [-0.15, -0.1) is 5.10 Å². The van der Waals surface area contributed by atoms with Gasteiger partial charge in [0.1, 0.15) is 5.82 Å². The first kappa shape index (κ1) is 18.3. The molecule has 1 saturated heterocycles. The van der Waals surface area contributed by atoms with Crippen LogP contribution in [0.1, 0.15) is 76.5 Å². The number of rotatable bonds is 6. The minimum Gasteiger partial charge on any atom is -0.339 e. The van der Waals surface area contributed by atoms with Crippen molar-refractivity contribution in [3.05, 3.63) is 5.82 Å². The SMILES string of the molecule is O=C(CSc1n[nH]c(CCC2CCCC2)n1)N1CCC[C@H]2CCCC[C@H]21. The molecule has 2 atom stereocenters. The molecule has 144 valence electrons. The van der Waals surface area contributed by atoms with E-state index in [0.717, 1.165) is 35.8 Å². The van der Waals surface area contributed by atoms with E-state index in [0.29, 0.717) is 11.8 Å². The molecule has 6 heteroatoms. The summed E-state index contributed by atoms with van der Waals surface area (Å²) in [5.74, 6) is 3.36. The third kappa shape index (κ3) is 4.44. The lowest BCUT2D eigenvalue weighted by Crippen LogP contribution is -2.50. The van der Waals surface area contributed by atoms with Gasteiger partial charge in [0.05, 0.1) is 5.75 Å². The maximum atomic E-state index is 12.8. The Bertz CT molecular complexity index is 596. The quantitative estimate of drug-likeness (QED) is 0.756. The van der Waals surface area contributed by atoms with E-state index >= 15 is 0 Å². The molecule has 4 rings (SSSR count). The Morgan fingerprint density at radius 2 is 1.85 bits per heavy atom. The molecule has 2 aliphatic carbocycles. The second-order valence-corrected chi connectivity index (χ2v) is 9.33. The first-order valence-corrected chi connectivity index (χ1v) is 11.6. The zero-order chi connectivity index (χ0) is 17.8. The van der Waals surface area contributed by atoms with E-state index < -0.39 is 0 Å². The van der Waals surface area contributed by atoms with Crippen molar-refractivity contribution < 1.29 is 4.79 Å². The Kier molecular flexibility index (Phi) is 6.18. The van der Waals surface area contributed by atoms with Crippen LogP contribution in [0.4, 0.5) is 0 Å². The Hall–Kier alpha value is -1.04. The molecule has 0 radical (unpaired) electrons. The number of amides is 1. The number of nitrogens with one attached hydrogen (secondary N) is 1. The molecule has 5 nitrogen and oxygen atoms in total. The Balaban J connectivity index is 1.25. The van der Waals surface area contributed by atoms with Gasteiger partial charge in [0.25, 0.3) is 0 Å². The van der Waals surface area contributed by atoms with Crippen LogP contribution in [0.25, 0.3) is 0 Å². The molecule has 0 aromatic carbocycles. The number of likely N-dealkylation sites (tertiary alicyclic amines) is 1. The van der Waals surface area contributed by atoms with Gasteiger partial charge in [-0.25, -0.2) is 4.98 Å². The number of carbonyl (C=O) groups is 1. The molecule has 1 aliphatic heterocycles. The maximum absolute atomic E-state index is 12.8. The number of fused-ring (bicyclic) bond motifs is 1. The van der Waals surface area contributed by atoms with Crippen LogP contribution >= 0.6 is 11.8 Å². The van der Waals surface area contributed by atoms with Crippen LogP contribution in [0.3, 0.4) is 0 Å². The van der Waals surface area contributed by atoms with Crippen LogP contribution in [-0.4, -0.2) is 44.3 Å². The van der Waals surface area contributed by atoms with E-state index in [2.05, 4.69) is 20.1 Å². The smallest absolute Gasteiger partial charge is 0.233 e. The van der Waals surface area contributed by atoms with Crippen molar-refractivity contribution in [3.8, 4) is 0 Å². The van der Waals surface area contributed by atoms with E-state index in [1.54, 1.807) is 0 Å². The van der Waals surface area contributed by atoms with Crippen LogP contribution in [-0.2, 0) is 11.2 Å². The van der Waals surface area contributed by atoms with Crippen molar-refractivity contribution in [2.24, 2.45) is 11.8 Å². The number of hydrogen-bond donors (Lipinski definition) is 1. The molecule has 3 aliphatic rings. The average molecular weight is 377 g/mol. The van der Waals surface area contributed by atoms with Gasteiger partial charge in [-0.05, 0) is 43.9 Å². The summed E-state index contributed by atoms with van der Waals surface area (Å²) in [5.41, 5.74) is 0. The summed E-state index contributed by atoms with van der Waals surface area (Å²) in [4.78, 5) is 19.5. The van der Waals surface area contributed by atoms with E-state index in [4.69, 9.17) is 0 Å². The number of hydrogen-bond acceptors (Lipinski definition) is 4. The third-order valence-electron chi connectivity index (χ3n) is 6.66. The lowest BCUT2D eigenvalue weighted by molar-refractivity contribution is -0.134. The lowest BCUT2D eigenvalue weighted by atomic mass is 9.78. The molecule has 2 heterocycles. The number of H-pyrrole nitrogens is 1. The number of nitrogens with zero attached hydrogens (tertiary/aromatic N) is 3. The normalized spacial score (nSPS) is 26.8. The van der Waals surface area contributed by atoms with Gasteiger partial charge < -0.3 is 4.90 Å². The van der Waals surface area contributed by atoms with Crippen molar-refractivity contribution in [2.75, 3.05) is 12.3 Å². The molecule has 1 aromatic rings. The molecule has 1 aromatic heterocycles. The Morgan fingerprint density at radius 3 is 2.73 bits per heavy atom. The predicted octanol–water partition coefficient (Wildman–Crippen LogP) is 4.20. The minimum absolute atomic E-state index is 0.281. The summed E-state index contributed by atoms with van der Waals surface area (Å²) in [5, 5.41) is 8.12. The van der Waals surface area contributed by atoms with Gasteiger partial charge in [0, 0.05) is 19.0 Å². The summed E-state index contributed by atoms with van der Waals surface area (Å²) in [6.07, 6.45) is 15.4. The molecule has 0 spiro atoms. The van der Waals surface area contributed by atoms with Crippen molar-refractivity contribution in [1.29, 1.82) is 0 Å². The van der Waals surface area contributed by atoms with Crippen LogP contribution in [0.15, 0.2) is 5.16 Å². The zero-order valence-electron chi connectivity index (χ0n) is 15.8. The number of carbonyl (C=O) groups excluding carboxylic acids is 1. The van der Waals surface area contributed by atoms with Gasteiger partial charge >= 0.3 is 0 Å². The molecule has 3 fully saturated rings. The molecule has 1 amide bonds. The predicted molar refractivity (Wildman–Crippen MR) is 104 cm³/mol. The monoisotopic (exact) mass is 376 g/mol. The first-order chi connectivity index (χ1) is 12.8. The molecule has 0 bridgehead atoms. The summed E-state index contributed by atoms with van der Waals surface area (Å²) in [6.45, 7) is 0.946. The summed E-state index contributed by atoms with van der Waals surface area (Å²) < 4.78 is 0. The van der Waals surface area contributed by atoms with Gasteiger partial charge in [0.2, 0.25) is 11.1 Å². The van der Waals surface area contributed by atoms with Gasteiger partial charge in [0.15, 0.2) is 0 Å². The standard InChI is InChI=1S/C20H32N4OS/c25-19(24-13-5-9-16-8-3-4-10-17(16)24)14-26-20-21-18(22-23-20)12-11-15-6-1-2-7-15/h15-17H,1-14H2,(H,21,22,23)/t16-,17-/m1/s1. The highest BCUT2D eigenvalue weighted by Gasteiger charge is 2.35. The molecular weight excluding hydrogens is 344 g/mol. The number of thioether (sulfide) groups is 1. The van der Waals surface area contributed by atoms with Crippen LogP contribution < -0.4 is 0 Å². The highest BCUT2D eigenvalue weighted by molar-refractivity contribution is 7.99. The third-order valence-corrected chi connectivity index (χ3v) is 7.50. The van der Waals surface area contributed by atoms with E-state index in [1.165, 1.54) is 82.4 Å². The molecule has 1 N–H and O–H groups in total. The highest BCUT2D eigenvalue weighted by atomic mass is 32.2. The number of aryl methyl sites for hydroxylation is 1. The van der Waals surface area contributed by atoms with Gasteiger partial charge in [-0.1, -0.05) is 50.3 Å². The van der Waals surface area contributed by atoms with E-state index in [9.17, 15) is 4.79 Å². The second-order valence-electron chi connectivity index (χ2n) is 8.38. The molecular formula is C20H32N4OS. The van der Waals surface area contributed by atoms with Gasteiger partial charge in [-0.2, -0.15) is 0 Å². The summed E-state index contributed by atoms with van der Waals surface area (Å²) >= 11 is 1.50. The van der Waals surface area contributed by atoms with Crippen molar-refractivity contribution in [3.63, 3.8) is 0 Å². The first-order valence-electron chi connectivity index (χ1n) is 10.6. The Morgan fingerprint density at radius 1 is 1.08 bits per heavy atom. The lowest BCUT2D eigenvalue weighted by Gasteiger charge is -2.44. The Labute approximate surface area is 161 Å². The molecule has 2 saturated carbocycles. The average Bonchev–Trinajstić information content (AvgIpc) is 3.35. The molecule has 0 unspecified atom stereocenters. The number of piperidine rings is 1. The van der Waals surface area contributed by atoms with Crippen molar-refractivity contribution in [2.45, 2.75) is 88.2 Å². The molecule has 26 heavy (non-hydrogen) atoms. The highest BCUT2D eigenvalue weighted by Crippen LogP contribution is 2.35. The second kappa shape index (κ2) is 8.77. The maximum Gasteiger partial charge on any atom is 0.233 e. The zero-order valence-corrected chi connectivity index (χ0v) is 16.6. The van der Waals surface area contributed by atoms with Crippen LogP contribution in [0.2, 0.25) is 0 Å². The van der Waals surface area contributed by atoms with Gasteiger partial charge in [-0.3, -0.25) is 9.89 Å². The van der Waals surface area contributed by atoms with E-state index in [-0.39, 0.29) is 5.91 Å². The largest absolute Gasteiger partial charge is 0.339 e. The fraction of sp³-hybridized carbons (Fsp3) is 0.850. The fourth-order valence-electron chi connectivity index (χ4n) is 5.24. The minimum atomic E-state index is 0.281. The van der Waals surface area contributed by atoms with Crippen molar-refractivity contribution >= 4 is 17.7 Å². The van der Waals surface area contributed by atoms with Crippen LogP contribution in [0, 0.1) is 11.8 Å². The van der Waals surface area contributed by atoms with E-state index in [1.807, 2.05) is 0 Å². The summed E-state index contributed by atoms with van der Waals surface area (Å²) in [7, 11) is 0. The van der Waals surface area contributed by atoms with Crippen LogP contribution in [0.5, 0.6) is 0 Å². The van der Waals surface area contributed by atoms with Crippen molar-refractivity contribution in [1.82, 2.24) is 20.1 Å². The topological polar surface area (TPSA) is 61.9 Å². The summed E-state index contributed by atoms with van der Waals surface area (Å²) in [6, 6.07) is 0.500.